The number of hydrogen-bond acceptors (Lipinski definition) is 6. The van der Waals surface area contributed by atoms with Gasteiger partial charge in [0.25, 0.3) is 0 Å². The van der Waals surface area contributed by atoms with Gasteiger partial charge in [-0.3, -0.25) is 4.79 Å². The molecular formula is C23H30O6. The lowest BCUT2D eigenvalue weighted by atomic mass is 9.77. The summed E-state index contributed by atoms with van der Waals surface area (Å²) in [7, 11) is 5.88. The van der Waals surface area contributed by atoms with Crippen molar-refractivity contribution in [1.82, 2.24) is 0 Å². The van der Waals surface area contributed by atoms with Crippen LogP contribution >= 0.6 is 0 Å². The number of esters is 2. The van der Waals surface area contributed by atoms with Crippen LogP contribution in [0.1, 0.15) is 61.5 Å². The Morgan fingerprint density at radius 3 is 2.00 bits per heavy atom. The Morgan fingerprint density at radius 2 is 1.52 bits per heavy atom. The van der Waals surface area contributed by atoms with E-state index in [1.807, 2.05) is 32.0 Å². The average Bonchev–Trinajstić information content (AvgIpc) is 2.70. The third kappa shape index (κ3) is 4.31. The molecule has 0 N–H and O–H groups in total. The van der Waals surface area contributed by atoms with Crippen LogP contribution in [-0.4, -0.2) is 40.4 Å². The SMILES string of the molecule is COC(=O)CC(C)(C)c1cc(OC)c2cc(C(C)C)c(OC)cc2c1C(=O)OC. The molecule has 0 heterocycles. The summed E-state index contributed by atoms with van der Waals surface area (Å²) >= 11 is 0. The summed E-state index contributed by atoms with van der Waals surface area (Å²) in [6.45, 7) is 7.92. The molecule has 158 valence electrons. The van der Waals surface area contributed by atoms with Crippen molar-refractivity contribution in [2.45, 2.75) is 45.4 Å². The normalized spacial score (nSPS) is 11.5. The fourth-order valence-electron chi connectivity index (χ4n) is 3.61. The van der Waals surface area contributed by atoms with Crippen molar-refractivity contribution in [2.75, 3.05) is 28.4 Å². The number of rotatable bonds is 7. The number of carbonyl (C=O) groups is 2. The Kier molecular flexibility index (Phi) is 6.77. The third-order valence-corrected chi connectivity index (χ3v) is 5.22. The van der Waals surface area contributed by atoms with Crippen LogP contribution < -0.4 is 9.47 Å². The molecule has 0 radical (unpaired) electrons. The molecule has 0 aromatic heterocycles. The minimum absolute atomic E-state index is 0.101. The Balaban J connectivity index is 2.97. The van der Waals surface area contributed by atoms with Gasteiger partial charge >= 0.3 is 11.9 Å². The second kappa shape index (κ2) is 8.72. The van der Waals surface area contributed by atoms with Crippen molar-refractivity contribution in [1.29, 1.82) is 0 Å². The van der Waals surface area contributed by atoms with Crippen molar-refractivity contribution in [3.8, 4) is 11.5 Å². The van der Waals surface area contributed by atoms with Crippen molar-refractivity contribution in [3.63, 3.8) is 0 Å². The van der Waals surface area contributed by atoms with Gasteiger partial charge in [-0.2, -0.15) is 0 Å². The summed E-state index contributed by atoms with van der Waals surface area (Å²) in [6, 6.07) is 5.65. The maximum absolute atomic E-state index is 12.8. The van der Waals surface area contributed by atoms with Crippen molar-refractivity contribution in [3.05, 3.63) is 34.9 Å². The number of ether oxygens (including phenoxy) is 4. The van der Waals surface area contributed by atoms with E-state index >= 15 is 0 Å². The molecule has 0 amide bonds. The molecule has 0 saturated heterocycles. The molecule has 2 aromatic carbocycles. The van der Waals surface area contributed by atoms with E-state index in [-0.39, 0.29) is 18.3 Å². The highest BCUT2D eigenvalue weighted by atomic mass is 16.5. The van der Waals surface area contributed by atoms with Crippen LogP contribution in [0, 0.1) is 0 Å². The zero-order valence-corrected chi connectivity index (χ0v) is 18.5. The molecule has 0 unspecified atom stereocenters. The summed E-state index contributed by atoms with van der Waals surface area (Å²) in [4.78, 5) is 24.8. The predicted octanol–water partition coefficient (Wildman–Crippen LogP) is 4.61. The van der Waals surface area contributed by atoms with E-state index in [1.54, 1.807) is 14.2 Å². The molecule has 2 rings (SSSR count). The molecule has 6 heteroatoms. The van der Waals surface area contributed by atoms with Crippen LogP contribution in [0.4, 0.5) is 0 Å². The van der Waals surface area contributed by atoms with E-state index in [9.17, 15) is 9.59 Å². The van der Waals surface area contributed by atoms with Crippen molar-refractivity contribution < 1.29 is 28.5 Å². The summed E-state index contributed by atoms with van der Waals surface area (Å²) in [5.41, 5.74) is 1.36. The fourth-order valence-corrected chi connectivity index (χ4v) is 3.61. The maximum atomic E-state index is 12.8. The molecular weight excluding hydrogens is 372 g/mol. The molecule has 6 nitrogen and oxygen atoms in total. The van der Waals surface area contributed by atoms with Crippen LogP contribution in [0.15, 0.2) is 18.2 Å². The quantitative estimate of drug-likeness (QED) is 0.630. The summed E-state index contributed by atoms with van der Waals surface area (Å²) in [6.07, 6.45) is 0.101. The van der Waals surface area contributed by atoms with Gasteiger partial charge in [0.05, 0.1) is 40.4 Å². The van der Waals surface area contributed by atoms with Gasteiger partial charge in [0.1, 0.15) is 11.5 Å². The van der Waals surface area contributed by atoms with E-state index in [0.29, 0.717) is 28.0 Å². The summed E-state index contributed by atoms with van der Waals surface area (Å²) in [5, 5.41) is 1.44. The monoisotopic (exact) mass is 402 g/mol. The largest absolute Gasteiger partial charge is 0.496 e. The van der Waals surface area contributed by atoms with E-state index < -0.39 is 11.4 Å². The van der Waals surface area contributed by atoms with Gasteiger partial charge in [-0.1, -0.05) is 27.7 Å². The molecule has 0 spiro atoms. The van der Waals surface area contributed by atoms with Crippen LogP contribution in [0.5, 0.6) is 11.5 Å². The van der Waals surface area contributed by atoms with E-state index in [2.05, 4.69) is 13.8 Å². The minimum Gasteiger partial charge on any atom is -0.496 e. The first kappa shape index (κ1) is 22.5. The zero-order chi connectivity index (χ0) is 21.9. The Hall–Kier alpha value is -2.76. The lowest BCUT2D eigenvalue weighted by Gasteiger charge is -2.28. The topological polar surface area (TPSA) is 71.1 Å². The third-order valence-electron chi connectivity index (χ3n) is 5.22. The molecule has 0 aliphatic carbocycles. The van der Waals surface area contributed by atoms with E-state index in [0.717, 1.165) is 10.9 Å². The number of benzene rings is 2. The minimum atomic E-state index is -0.692. The molecule has 0 bridgehead atoms. The zero-order valence-electron chi connectivity index (χ0n) is 18.5. The molecule has 2 aromatic rings. The first-order valence-corrected chi connectivity index (χ1v) is 9.49. The van der Waals surface area contributed by atoms with Crippen molar-refractivity contribution in [2.24, 2.45) is 0 Å². The van der Waals surface area contributed by atoms with Crippen LogP contribution in [0.2, 0.25) is 0 Å². The van der Waals surface area contributed by atoms with Gasteiger partial charge in [0, 0.05) is 16.2 Å². The Bertz CT molecular complexity index is 927. The predicted molar refractivity (Wildman–Crippen MR) is 112 cm³/mol. The lowest BCUT2D eigenvalue weighted by Crippen LogP contribution is -2.26. The molecule has 29 heavy (non-hydrogen) atoms. The van der Waals surface area contributed by atoms with Gasteiger partial charge in [0.15, 0.2) is 0 Å². The van der Waals surface area contributed by atoms with Gasteiger partial charge in [-0.15, -0.1) is 0 Å². The van der Waals surface area contributed by atoms with E-state index in [1.165, 1.54) is 14.2 Å². The molecule has 0 saturated carbocycles. The maximum Gasteiger partial charge on any atom is 0.338 e. The van der Waals surface area contributed by atoms with Crippen LogP contribution in [-0.2, 0) is 19.7 Å². The molecule has 0 aliphatic rings. The first-order chi connectivity index (χ1) is 13.6. The molecule has 0 aliphatic heterocycles. The standard InChI is InChI=1S/C23H30O6/c1-13(2)14-9-15-16(10-18(14)26-5)21(22(25)29-8)17(11-19(15)27-6)23(3,4)12-20(24)28-7/h9-11,13H,12H2,1-8H3. The van der Waals surface area contributed by atoms with Gasteiger partial charge < -0.3 is 18.9 Å². The summed E-state index contributed by atoms with van der Waals surface area (Å²) in [5.74, 6) is 0.673. The smallest absolute Gasteiger partial charge is 0.338 e. The Morgan fingerprint density at radius 1 is 0.897 bits per heavy atom. The van der Waals surface area contributed by atoms with Crippen LogP contribution in [0.3, 0.4) is 0 Å². The van der Waals surface area contributed by atoms with Crippen molar-refractivity contribution >= 4 is 22.7 Å². The molecule has 0 fully saturated rings. The highest BCUT2D eigenvalue weighted by molar-refractivity contribution is 6.09. The second-order valence-electron chi connectivity index (χ2n) is 7.92. The number of carbonyl (C=O) groups excluding carboxylic acids is 2. The fraction of sp³-hybridized carbons (Fsp3) is 0.478. The Labute approximate surface area is 172 Å². The summed E-state index contributed by atoms with van der Waals surface area (Å²) < 4.78 is 21.2. The first-order valence-electron chi connectivity index (χ1n) is 9.49. The number of hydrogen-bond donors (Lipinski definition) is 0. The van der Waals surface area contributed by atoms with Crippen LogP contribution in [0.25, 0.3) is 10.8 Å². The highest BCUT2D eigenvalue weighted by Crippen LogP contribution is 2.42. The highest BCUT2D eigenvalue weighted by Gasteiger charge is 2.33. The van der Waals surface area contributed by atoms with Gasteiger partial charge in [0.2, 0.25) is 0 Å². The molecule has 0 atom stereocenters. The number of fused-ring (bicyclic) bond motifs is 1. The van der Waals surface area contributed by atoms with Gasteiger partial charge in [-0.05, 0) is 35.2 Å². The van der Waals surface area contributed by atoms with Gasteiger partial charge in [-0.25, -0.2) is 4.79 Å². The average molecular weight is 402 g/mol. The lowest BCUT2D eigenvalue weighted by molar-refractivity contribution is -0.141. The second-order valence-corrected chi connectivity index (χ2v) is 7.92. The number of methoxy groups -OCH3 is 4. The van der Waals surface area contributed by atoms with E-state index in [4.69, 9.17) is 18.9 Å².